The SMILES string of the molecule is CCCCn1c(CO)n[nH]c1=S.Cn1c(Cc2ccsc2)n[nH]c1=S.NS(=O)(=O)c1ccc(-n2cn[nH]c2=S)cc1.O=C(O)c1ccc(-n2cn[nH]c2=S)cc1.OCc1n[nH]c(=S)n1CCCc1ccccc1.OCc1n[nH]c(=S)n1CCc1ccccc1.S=c1[nH]ncn1Cc1cccs1. The van der Waals surface area contributed by atoms with E-state index in [9.17, 15) is 13.2 Å². The Balaban J connectivity index is 0.000000166. The number of rotatable bonds is 21. The van der Waals surface area contributed by atoms with Crippen LogP contribution >= 0.6 is 108 Å². The van der Waals surface area contributed by atoms with E-state index in [1.165, 1.54) is 58.5 Å². The first kappa shape index (κ1) is 79.4. The van der Waals surface area contributed by atoms with Gasteiger partial charge in [-0.05, 0) is 205 Å². The Morgan fingerprint density at radius 3 is 1.41 bits per heavy atom. The van der Waals surface area contributed by atoms with Crippen molar-refractivity contribution >= 4 is 124 Å². The molecular weight excluding hydrogens is 1490 g/mol. The van der Waals surface area contributed by atoms with Crippen LogP contribution in [0.4, 0.5) is 0 Å². The third-order valence-corrected chi connectivity index (χ3v) is 18.9. The molecule has 0 aliphatic carbocycles. The number of primary sulfonamides is 1. The summed E-state index contributed by atoms with van der Waals surface area (Å²) in [6, 6.07) is 39.1. The van der Waals surface area contributed by atoms with Gasteiger partial charge < -0.3 is 43.3 Å². The molecule has 39 heteroatoms. The lowest BCUT2D eigenvalue weighted by molar-refractivity contribution is 0.0696. The predicted molar refractivity (Wildman–Crippen MR) is 402 cm³/mol. The van der Waals surface area contributed by atoms with Crippen molar-refractivity contribution in [3.63, 3.8) is 0 Å². The van der Waals surface area contributed by atoms with Crippen LogP contribution < -0.4 is 5.14 Å². The fraction of sp³-hybridized carbons (Fsp3) is 0.242. The monoisotopic (exact) mass is 1560 g/mol. The Hall–Kier alpha value is -8.94. The van der Waals surface area contributed by atoms with E-state index >= 15 is 0 Å². The summed E-state index contributed by atoms with van der Waals surface area (Å²) in [5.74, 6) is 1.83. The van der Waals surface area contributed by atoms with Gasteiger partial charge in [-0.15, -0.1) is 11.3 Å². The number of aromatic carboxylic acids is 1. The summed E-state index contributed by atoms with van der Waals surface area (Å²) in [6.07, 6.45) is 10.6. The van der Waals surface area contributed by atoms with E-state index in [1.807, 2.05) is 72.3 Å². The summed E-state index contributed by atoms with van der Waals surface area (Å²) in [7, 11) is -1.73. The first-order valence-electron chi connectivity index (χ1n) is 30.5. The Bertz CT molecular complexity index is 5140. The molecule has 9 aromatic heterocycles. The number of unbranched alkanes of at least 4 members (excludes halogenated alkanes) is 1. The fourth-order valence-corrected chi connectivity index (χ4v) is 12.2. The zero-order chi connectivity index (χ0) is 72.7. The van der Waals surface area contributed by atoms with Crippen LogP contribution in [0.5, 0.6) is 0 Å². The summed E-state index contributed by atoms with van der Waals surface area (Å²) in [4.78, 5) is 12.0. The number of aromatic amines is 7. The number of hydrogen-bond donors (Lipinski definition) is 12. The number of carboxylic acids is 1. The van der Waals surface area contributed by atoms with E-state index < -0.39 is 16.0 Å². The number of carboxylic acid groups (broad SMARTS) is 1. The predicted octanol–water partition coefficient (Wildman–Crippen LogP) is 11.4. The Morgan fingerprint density at radius 2 is 0.990 bits per heavy atom. The Labute approximate surface area is 622 Å². The van der Waals surface area contributed by atoms with Crippen LogP contribution in [-0.2, 0) is 82.3 Å². The highest BCUT2D eigenvalue weighted by Crippen LogP contribution is 2.16. The molecule has 13 aromatic rings. The number of sulfonamides is 1. The minimum Gasteiger partial charge on any atom is -0.478 e. The second-order valence-corrected chi connectivity index (χ2v) is 27.2. The van der Waals surface area contributed by atoms with Crippen LogP contribution in [0.2, 0.25) is 0 Å². The number of aryl methyl sites for hydroxylation is 2. The molecular formula is C62H72N22O7S10. The normalized spacial score (nSPS) is 10.6. The van der Waals surface area contributed by atoms with Crippen molar-refractivity contribution in [2.24, 2.45) is 12.2 Å². The van der Waals surface area contributed by atoms with Crippen molar-refractivity contribution in [1.29, 1.82) is 0 Å². The van der Waals surface area contributed by atoms with Crippen molar-refractivity contribution in [1.82, 2.24) is 103 Å². The number of aliphatic hydroxyl groups excluding tert-OH is 3. The van der Waals surface area contributed by atoms with Gasteiger partial charge in [0.15, 0.2) is 50.9 Å². The molecule has 9 heterocycles. The Morgan fingerprint density at radius 1 is 0.515 bits per heavy atom. The minimum atomic E-state index is -3.66. The van der Waals surface area contributed by atoms with Crippen molar-refractivity contribution < 1.29 is 33.6 Å². The molecule has 29 nitrogen and oxygen atoms in total. The van der Waals surface area contributed by atoms with Gasteiger partial charge in [-0.1, -0.05) is 80.1 Å². The molecule has 4 aromatic carbocycles. The van der Waals surface area contributed by atoms with Crippen molar-refractivity contribution in [3.05, 3.63) is 246 Å². The van der Waals surface area contributed by atoms with Crippen molar-refractivity contribution in [2.45, 2.75) is 96.3 Å². The summed E-state index contributed by atoms with van der Waals surface area (Å²) in [6.45, 7) is 5.03. The number of hydrogen-bond acceptors (Lipinski definition) is 22. The van der Waals surface area contributed by atoms with Crippen LogP contribution in [0.3, 0.4) is 0 Å². The minimum absolute atomic E-state index is 0.0587. The van der Waals surface area contributed by atoms with E-state index in [0.29, 0.717) is 56.6 Å². The van der Waals surface area contributed by atoms with E-state index in [-0.39, 0.29) is 30.3 Å². The smallest absolute Gasteiger partial charge is 0.335 e. The lowest BCUT2D eigenvalue weighted by Crippen LogP contribution is -2.11. The van der Waals surface area contributed by atoms with Gasteiger partial charge in [-0.25, -0.2) is 18.4 Å². The molecule has 0 saturated heterocycles. The number of nitrogens with one attached hydrogen (secondary N) is 7. The number of carbonyl (C=O) groups is 1. The topological polar surface area (TPSA) is 393 Å². The molecule has 532 valence electrons. The van der Waals surface area contributed by atoms with Gasteiger partial charge in [0.2, 0.25) is 10.0 Å². The summed E-state index contributed by atoms with van der Waals surface area (Å²) < 4.78 is 38.6. The molecule has 0 saturated carbocycles. The van der Waals surface area contributed by atoms with Gasteiger partial charge in [0, 0.05) is 49.4 Å². The lowest BCUT2D eigenvalue weighted by atomic mass is 10.1. The van der Waals surface area contributed by atoms with Gasteiger partial charge in [0.1, 0.15) is 44.6 Å². The number of aliphatic hydroxyl groups is 3. The maximum atomic E-state index is 11.0. The first-order valence-corrected chi connectivity index (χ1v) is 36.7. The second kappa shape index (κ2) is 41.1. The van der Waals surface area contributed by atoms with Gasteiger partial charge in [0.05, 0.1) is 17.0 Å². The highest BCUT2D eigenvalue weighted by Gasteiger charge is 2.10. The maximum absolute atomic E-state index is 11.0. The highest BCUT2D eigenvalue weighted by molar-refractivity contribution is 7.89. The standard InChI is InChI=1S/C12H15N3OS.C11H13N3OS.C9H7N3O2S.C8H8N4O2S2.C8H9N3S2.C7H13N3OS.C7H7N3S2/c16-9-11-13-14-12(17)15(11)8-4-7-10-5-2-1-3-6-10;15-8-10-12-13-11(16)14(10)7-6-9-4-2-1-3-5-9;13-8(14)6-1-3-7(4-2-6)12-5-10-11-9(12)15;9-16(13,14)7-3-1-6(2-4-7)12-5-10-11-8(12)15;1-11-7(9-10-8(11)12)4-6-2-3-13-5-6;1-2-3-4-10-6(5-11)8-9-7(10)12;11-7-9-8-5-10(7)4-6-2-1-3-12-6/h1-3,5-6,16H,4,7-9H2,(H,14,17);1-5,15H,6-8H2,(H,13,16);1-5H,(H,11,15)(H,13,14);1-5H,(H,11,15)(H2,9,13,14);2-3,5H,4H2,1H3,(H,10,12);11H,2-5H2,1H3,(H,9,12);1-3,5H,4H2,(H,9,11). The molecule has 0 bridgehead atoms. The molecule has 0 fully saturated rings. The molecule has 0 aliphatic rings. The number of benzene rings is 4. The highest BCUT2D eigenvalue weighted by atomic mass is 32.2. The second-order valence-electron chi connectivity index (χ2n) is 21.1. The maximum Gasteiger partial charge on any atom is 0.335 e. The molecule has 0 atom stereocenters. The first-order chi connectivity index (χ1) is 48.7. The van der Waals surface area contributed by atoms with Crippen LogP contribution in [0.25, 0.3) is 11.4 Å². The molecule has 101 heavy (non-hydrogen) atoms. The molecule has 0 unspecified atom stereocenters. The van der Waals surface area contributed by atoms with Gasteiger partial charge >= 0.3 is 5.97 Å². The third kappa shape index (κ3) is 25.0. The number of aromatic nitrogens is 21. The van der Waals surface area contributed by atoms with E-state index in [1.54, 1.807) is 62.4 Å². The van der Waals surface area contributed by atoms with E-state index in [2.05, 4.69) is 131 Å². The summed E-state index contributed by atoms with van der Waals surface area (Å²) in [5.41, 5.74) is 5.57. The Kier molecular flexibility index (Phi) is 32.3. The summed E-state index contributed by atoms with van der Waals surface area (Å²) >= 11 is 38.6. The number of H-pyrrole nitrogens is 7. The average molecular weight is 1560 g/mol. The number of nitrogens with zero attached hydrogens (tertiary/aromatic N) is 14. The van der Waals surface area contributed by atoms with Crippen LogP contribution in [0.1, 0.15) is 81.4 Å². The molecule has 13 N–H and O–H groups in total. The van der Waals surface area contributed by atoms with Crippen molar-refractivity contribution in [3.8, 4) is 11.4 Å². The number of nitrogens with two attached hydrogens (primary N) is 1. The average Bonchev–Trinajstić information content (AvgIpc) is 1.86. The zero-order valence-electron chi connectivity index (χ0n) is 54.2. The van der Waals surface area contributed by atoms with Crippen LogP contribution in [-0.4, -0.2) is 138 Å². The molecule has 0 spiro atoms. The lowest BCUT2D eigenvalue weighted by Gasteiger charge is -2.05. The van der Waals surface area contributed by atoms with Crippen LogP contribution in [0, 0.1) is 33.4 Å². The third-order valence-electron chi connectivity index (χ3n) is 14.2. The zero-order valence-corrected chi connectivity index (χ0v) is 62.4. The molecule has 0 amide bonds. The molecule has 0 aliphatic heterocycles. The quantitative estimate of drug-likeness (QED) is 0.0297. The number of thiophene rings is 2. The molecule has 0 radical (unpaired) electrons. The van der Waals surface area contributed by atoms with E-state index in [4.69, 9.17) is 111 Å². The van der Waals surface area contributed by atoms with Crippen molar-refractivity contribution in [2.75, 3.05) is 0 Å². The van der Waals surface area contributed by atoms with Gasteiger partial charge in [-0.2, -0.15) is 47.0 Å². The van der Waals surface area contributed by atoms with Crippen LogP contribution in [0.15, 0.2) is 167 Å². The molecule has 13 rings (SSSR count). The fourth-order valence-electron chi connectivity index (χ4n) is 8.88. The summed E-state index contributed by atoms with van der Waals surface area (Å²) in [5, 5.41) is 93.0. The van der Waals surface area contributed by atoms with Gasteiger partial charge in [0.25, 0.3) is 0 Å². The largest absolute Gasteiger partial charge is 0.478 e. The van der Waals surface area contributed by atoms with E-state index in [0.717, 1.165) is 76.2 Å². The van der Waals surface area contributed by atoms with Gasteiger partial charge in [-0.3, -0.25) is 44.8 Å².